The summed E-state index contributed by atoms with van der Waals surface area (Å²) in [5.74, 6) is -0.709. The molecule has 0 aromatic heterocycles. The Morgan fingerprint density at radius 1 is 1.20 bits per heavy atom. The van der Waals surface area contributed by atoms with Gasteiger partial charge in [-0.15, -0.1) is 0 Å². The number of unbranched alkanes of at least 4 members (excludes halogenated alkanes) is 2. The zero-order valence-corrected chi connectivity index (χ0v) is 10.5. The van der Waals surface area contributed by atoms with E-state index in [0.29, 0.717) is 6.54 Å². The highest BCUT2D eigenvalue weighted by molar-refractivity contribution is 5.66. The van der Waals surface area contributed by atoms with E-state index in [2.05, 4.69) is 32.6 Å². The summed E-state index contributed by atoms with van der Waals surface area (Å²) >= 11 is 0. The number of carbonyl (C=O) groups is 1. The zero-order chi connectivity index (χ0) is 11.9. The fraction of sp³-hybridized carbons (Fsp3) is 0.917. The molecule has 0 aliphatic carbocycles. The molecule has 0 aromatic carbocycles. The van der Waals surface area contributed by atoms with Crippen LogP contribution in [-0.4, -0.2) is 34.6 Å². The van der Waals surface area contributed by atoms with Gasteiger partial charge in [0.25, 0.3) is 0 Å². The predicted octanol–water partition coefficient (Wildman–Crippen LogP) is 2.75. The lowest BCUT2D eigenvalue weighted by Gasteiger charge is -2.35. The molecular weight excluding hydrogens is 190 g/mol. The Morgan fingerprint density at radius 3 is 2.20 bits per heavy atom. The summed E-state index contributed by atoms with van der Waals surface area (Å²) in [6.07, 6.45) is 3.83. The quantitative estimate of drug-likeness (QED) is 0.664. The molecule has 3 heteroatoms. The van der Waals surface area contributed by atoms with Gasteiger partial charge < -0.3 is 5.11 Å². The van der Waals surface area contributed by atoms with E-state index >= 15 is 0 Å². The average molecular weight is 215 g/mol. The van der Waals surface area contributed by atoms with Gasteiger partial charge in [0, 0.05) is 12.1 Å². The number of hydrogen-bond donors (Lipinski definition) is 1. The number of carboxylic acids is 1. The zero-order valence-electron chi connectivity index (χ0n) is 10.5. The van der Waals surface area contributed by atoms with Crippen molar-refractivity contribution < 1.29 is 9.90 Å². The van der Waals surface area contributed by atoms with Crippen LogP contribution in [0.15, 0.2) is 0 Å². The highest BCUT2D eigenvalue weighted by Crippen LogP contribution is 2.14. The van der Waals surface area contributed by atoms with Crippen LogP contribution in [0.25, 0.3) is 0 Å². The Hall–Kier alpha value is -0.570. The van der Waals surface area contributed by atoms with Crippen LogP contribution < -0.4 is 0 Å². The maximum Gasteiger partial charge on any atom is 0.304 e. The van der Waals surface area contributed by atoms with Crippen molar-refractivity contribution in [2.24, 2.45) is 0 Å². The third kappa shape index (κ3) is 7.37. The average Bonchev–Trinajstić information content (AvgIpc) is 2.08. The van der Waals surface area contributed by atoms with E-state index in [1.807, 2.05) is 0 Å². The third-order valence-corrected chi connectivity index (χ3v) is 2.58. The van der Waals surface area contributed by atoms with Crippen molar-refractivity contribution in [1.29, 1.82) is 0 Å². The maximum atomic E-state index is 10.5. The molecule has 3 nitrogen and oxygen atoms in total. The van der Waals surface area contributed by atoms with Crippen molar-refractivity contribution in [3.05, 3.63) is 0 Å². The first-order valence-electron chi connectivity index (χ1n) is 5.84. The summed E-state index contributed by atoms with van der Waals surface area (Å²) in [6, 6.07) is 0. The first-order valence-corrected chi connectivity index (χ1v) is 5.84. The lowest BCUT2D eigenvalue weighted by atomic mass is 10.0. The minimum atomic E-state index is -0.709. The lowest BCUT2D eigenvalue weighted by Crippen LogP contribution is -2.43. The van der Waals surface area contributed by atoms with Gasteiger partial charge in [0.15, 0.2) is 0 Å². The smallest absolute Gasteiger partial charge is 0.304 e. The summed E-state index contributed by atoms with van der Waals surface area (Å²) in [7, 11) is 0. The molecule has 0 aliphatic heterocycles. The molecule has 0 aliphatic rings. The van der Waals surface area contributed by atoms with Crippen molar-refractivity contribution in [1.82, 2.24) is 4.90 Å². The highest BCUT2D eigenvalue weighted by Gasteiger charge is 2.20. The third-order valence-electron chi connectivity index (χ3n) is 2.58. The van der Waals surface area contributed by atoms with Gasteiger partial charge in [0.1, 0.15) is 0 Å². The van der Waals surface area contributed by atoms with Gasteiger partial charge in [-0.2, -0.15) is 0 Å². The molecule has 0 radical (unpaired) electrons. The van der Waals surface area contributed by atoms with E-state index in [0.717, 1.165) is 13.0 Å². The number of rotatable bonds is 7. The Kier molecular flexibility index (Phi) is 6.57. The molecule has 90 valence electrons. The summed E-state index contributed by atoms with van der Waals surface area (Å²) in [5, 5.41) is 8.67. The molecule has 0 heterocycles. The fourth-order valence-electron chi connectivity index (χ4n) is 1.57. The van der Waals surface area contributed by atoms with E-state index in [9.17, 15) is 4.79 Å². The van der Waals surface area contributed by atoms with Crippen LogP contribution in [0.3, 0.4) is 0 Å². The van der Waals surface area contributed by atoms with Gasteiger partial charge in [0.2, 0.25) is 0 Å². The van der Waals surface area contributed by atoms with Gasteiger partial charge in [-0.1, -0.05) is 19.8 Å². The first-order chi connectivity index (χ1) is 6.88. The van der Waals surface area contributed by atoms with E-state index < -0.39 is 5.97 Å². The Bertz CT molecular complexity index is 185. The standard InChI is InChI=1S/C12H25NO2/c1-5-6-7-9-13(12(2,3)4)10-8-11(14)15/h5-10H2,1-4H3,(H,14,15). The minimum Gasteiger partial charge on any atom is -0.481 e. The number of aliphatic carboxylic acids is 1. The Balaban J connectivity index is 4.02. The van der Waals surface area contributed by atoms with Crippen molar-refractivity contribution in [3.63, 3.8) is 0 Å². The second-order valence-corrected chi connectivity index (χ2v) is 5.01. The van der Waals surface area contributed by atoms with E-state index in [-0.39, 0.29) is 12.0 Å². The van der Waals surface area contributed by atoms with Crippen LogP contribution in [0.4, 0.5) is 0 Å². The maximum absolute atomic E-state index is 10.5. The molecule has 0 amide bonds. The summed E-state index contributed by atoms with van der Waals surface area (Å²) in [4.78, 5) is 12.8. The predicted molar refractivity (Wildman–Crippen MR) is 63.1 cm³/mol. The number of carboxylic acid groups (broad SMARTS) is 1. The SMILES string of the molecule is CCCCCN(CCC(=O)O)C(C)(C)C. The molecule has 0 fully saturated rings. The molecule has 15 heavy (non-hydrogen) atoms. The molecular formula is C12H25NO2. The van der Waals surface area contributed by atoms with E-state index in [4.69, 9.17) is 5.11 Å². The number of nitrogens with zero attached hydrogens (tertiary/aromatic N) is 1. The van der Waals surface area contributed by atoms with Crippen molar-refractivity contribution in [2.45, 2.75) is 58.9 Å². The van der Waals surface area contributed by atoms with Crippen molar-refractivity contribution in [3.8, 4) is 0 Å². The largest absolute Gasteiger partial charge is 0.481 e. The van der Waals surface area contributed by atoms with Gasteiger partial charge in [-0.3, -0.25) is 9.69 Å². The molecule has 1 N–H and O–H groups in total. The van der Waals surface area contributed by atoms with Gasteiger partial charge in [0.05, 0.1) is 6.42 Å². The van der Waals surface area contributed by atoms with Crippen LogP contribution in [0.5, 0.6) is 0 Å². The molecule has 0 saturated carbocycles. The van der Waals surface area contributed by atoms with Crippen molar-refractivity contribution >= 4 is 5.97 Å². The highest BCUT2D eigenvalue weighted by atomic mass is 16.4. The van der Waals surface area contributed by atoms with E-state index in [1.54, 1.807) is 0 Å². The summed E-state index contributed by atoms with van der Waals surface area (Å²) < 4.78 is 0. The van der Waals surface area contributed by atoms with Gasteiger partial charge >= 0.3 is 5.97 Å². The normalized spacial score (nSPS) is 12.1. The van der Waals surface area contributed by atoms with E-state index in [1.165, 1.54) is 12.8 Å². The van der Waals surface area contributed by atoms with Crippen LogP contribution in [0.2, 0.25) is 0 Å². The summed E-state index contributed by atoms with van der Waals surface area (Å²) in [6.45, 7) is 10.3. The Labute approximate surface area is 93.5 Å². The second-order valence-electron chi connectivity index (χ2n) is 5.01. The van der Waals surface area contributed by atoms with Crippen LogP contribution in [0, 0.1) is 0 Å². The van der Waals surface area contributed by atoms with Gasteiger partial charge in [-0.25, -0.2) is 0 Å². The fourth-order valence-corrected chi connectivity index (χ4v) is 1.57. The van der Waals surface area contributed by atoms with Crippen molar-refractivity contribution in [2.75, 3.05) is 13.1 Å². The molecule has 0 atom stereocenters. The van der Waals surface area contributed by atoms with Crippen LogP contribution in [-0.2, 0) is 4.79 Å². The van der Waals surface area contributed by atoms with Crippen LogP contribution in [0.1, 0.15) is 53.4 Å². The number of hydrogen-bond acceptors (Lipinski definition) is 2. The summed E-state index contributed by atoms with van der Waals surface area (Å²) in [5.41, 5.74) is 0.0726. The first kappa shape index (κ1) is 14.4. The molecule has 0 rings (SSSR count). The molecule has 0 aromatic rings. The van der Waals surface area contributed by atoms with Gasteiger partial charge in [-0.05, 0) is 33.7 Å². The Morgan fingerprint density at radius 2 is 1.80 bits per heavy atom. The lowest BCUT2D eigenvalue weighted by molar-refractivity contribution is -0.137. The minimum absolute atomic E-state index is 0.0726. The molecule has 0 spiro atoms. The van der Waals surface area contributed by atoms with Crippen LogP contribution >= 0.6 is 0 Å². The molecule has 0 saturated heterocycles. The second kappa shape index (κ2) is 6.83. The monoisotopic (exact) mass is 215 g/mol. The molecule has 0 bridgehead atoms. The molecule has 0 unspecified atom stereocenters. The topological polar surface area (TPSA) is 40.5 Å².